The molecule has 0 heterocycles. The molecule has 3 heteroatoms. The molecule has 84 valence electrons. The SMILES string of the molecule is CCN(CC)C(CC)(CC)CC(=O)O. The second kappa shape index (κ2) is 6.02. The van der Waals surface area contributed by atoms with Gasteiger partial charge in [0.05, 0.1) is 6.42 Å². The summed E-state index contributed by atoms with van der Waals surface area (Å²) in [6.07, 6.45) is 2.05. The van der Waals surface area contributed by atoms with Gasteiger partial charge in [0.2, 0.25) is 0 Å². The van der Waals surface area contributed by atoms with Crippen molar-refractivity contribution in [1.29, 1.82) is 0 Å². The first-order chi connectivity index (χ1) is 6.56. The quantitative estimate of drug-likeness (QED) is 0.687. The maximum atomic E-state index is 10.8. The molecular weight excluding hydrogens is 178 g/mol. The van der Waals surface area contributed by atoms with Crippen molar-refractivity contribution in [3.8, 4) is 0 Å². The van der Waals surface area contributed by atoms with Crippen LogP contribution in [0.3, 0.4) is 0 Å². The highest BCUT2D eigenvalue weighted by atomic mass is 16.4. The van der Waals surface area contributed by atoms with Crippen LogP contribution in [-0.2, 0) is 4.79 Å². The summed E-state index contributed by atoms with van der Waals surface area (Å²) in [4.78, 5) is 13.1. The first-order valence-corrected chi connectivity index (χ1v) is 5.53. The van der Waals surface area contributed by atoms with E-state index >= 15 is 0 Å². The van der Waals surface area contributed by atoms with Crippen molar-refractivity contribution in [2.24, 2.45) is 0 Å². The van der Waals surface area contributed by atoms with Crippen LogP contribution < -0.4 is 0 Å². The zero-order chi connectivity index (χ0) is 11.2. The van der Waals surface area contributed by atoms with Crippen LogP contribution in [0.5, 0.6) is 0 Å². The Labute approximate surface area is 87.1 Å². The van der Waals surface area contributed by atoms with E-state index in [1.807, 2.05) is 0 Å². The van der Waals surface area contributed by atoms with E-state index in [0.717, 1.165) is 25.9 Å². The van der Waals surface area contributed by atoms with E-state index < -0.39 is 5.97 Å². The van der Waals surface area contributed by atoms with Gasteiger partial charge in [-0.2, -0.15) is 0 Å². The van der Waals surface area contributed by atoms with Gasteiger partial charge in [-0.1, -0.05) is 27.7 Å². The molecule has 0 rings (SSSR count). The molecule has 0 bridgehead atoms. The van der Waals surface area contributed by atoms with Crippen LogP contribution in [-0.4, -0.2) is 34.6 Å². The lowest BCUT2D eigenvalue weighted by molar-refractivity contribution is -0.140. The molecule has 0 spiro atoms. The molecule has 0 aliphatic carbocycles. The zero-order valence-corrected chi connectivity index (χ0v) is 9.84. The van der Waals surface area contributed by atoms with Gasteiger partial charge in [0.15, 0.2) is 0 Å². The standard InChI is InChI=1S/C11H23NO2/c1-5-11(6-2,9-10(13)14)12(7-3)8-4/h5-9H2,1-4H3,(H,13,14). The summed E-state index contributed by atoms with van der Waals surface area (Å²) < 4.78 is 0. The molecule has 0 saturated heterocycles. The molecule has 0 unspecified atom stereocenters. The minimum Gasteiger partial charge on any atom is -0.481 e. The van der Waals surface area contributed by atoms with Crippen LogP contribution in [0, 0.1) is 0 Å². The lowest BCUT2D eigenvalue weighted by Gasteiger charge is -2.41. The predicted octanol–water partition coefficient (Wildman–Crippen LogP) is 2.36. The van der Waals surface area contributed by atoms with Gasteiger partial charge in [-0.3, -0.25) is 9.69 Å². The zero-order valence-electron chi connectivity index (χ0n) is 9.84. The molecular formula is C11H23NO2. The van der Waals surface area contributed by atoms with Crippen molar-refractivity contribution in [1.82, 2.24) is 4.90 Å². The summed E-state index contributed by atoms with van der Waals surface area (Å²) in [6, 6.07) is 0. The largest absolute Gasteiger partial charge is 0.481 e. The first kappa shape index (κ1) is 13.4. The van der Waals surface area contributed by atoms with Crippen LogP contribution in [0.15, 0.2) is 0 Å². The Morgan fingerprint density at radius 1 is 1.14 bits per heavy atom. The number of hydrogen-bond acceptors (Lipinski definition) is 2. The van der Waals surface area contributed by atoms with E-state index in [1.165, 1.54) is 0 Å². The smallest absolute Gasteiger partial charge is 0.305 e. The van der Waals surface area contributed by atoms with Gasteiger partial charge in [-0.25, -0.2) is 0 Å². The van der Waals surface area contributed by atoms with Gasteiger partial charge in [0.1, 0.15) is 0 Å². The number of aliphatic carboxylic acids is 1. The molecule has 0 fully saturated rings. The Hall–Kier alpha value is -0.570. The Bertz CT molecular complexity index is 172. The predicted molar refractivity (Wildman–Crippen MR) is 58.5 cm³/mol. The third kappa shape index (κ3) is 2.98. The summed E-state index contributed by atoms with van der Waals surface area (Å²) in [7, 11) is 0. The van der Waals surface area contributed by atoms with Gasteiger partial charge >= 0.3 is 5.97 Å². The van der Waals surface area contributed by atoms with Crippen molar-refractivity contribution in [3.63, 3.8) is 0 Å². The highest BCUT2D eigenvalue weighted by Crippen LogP contribution is 2.27. The van der Waals surface area contributed by atoms with E-state index in [2.05, 4.69) is 32.6 Å². The lowest BCUT2D eigenvalue weighted by atomic mass is 9.87. The monoisotopic (exact) mass is 201 g/mol. The second-order valence-corrected chi connectivity index (χ2v) is 3.67. The molecule has 0 radical (unpaired) electrons. The topological polar surface area (TPSA) is 40.5 Å². The number of rotatable bonds is 7. The molecule has 0 aromatic heterocycles. The van der Waals surface area contributed by atoms with Gasteiger partial charge in [-0.15, -0.1) is 0 Å². The Morgan fingerprint density at radius 2 is 1.57 bits per heavy atom. The van der Waals surface area contributed by atoms with Gasteiger partial charge in [0, 0.05) is 5.54 Å². The second-order valence-electron chi connectivity index (χ2n) is 3.67. The Kier molecular flexibility index (Phi) is 5.77. The fourth-order valence-electron chi connectivity index (χ4n) is 2.23. The number of carbonyl (C=O) groups is 1. The van der Waals surface area contributed by atoms with Crippen LogP contribution in [0.2, 0.25) is 0 Å². The average molecular weight is 201 g/mol. The fourth-order valence-corrected chi connectivity index (χ4v) is 2.23. The molecule has 0 saturated carbocycles. The van der Waals surface area contributed by atoms with Gasteiger partial charge in [-0.05, 0) is 25.9 Å². The molecule has 0 aliphatic heterocycles. The average Bonchev–Trinajstić information content (AvgIpc) is 2.17. The third-order valence-corrected chi connectivity index (χ3v) is 3.23. The van der Waals surface area contributed by atoms with Crippen molar-refractivity contribution < 1.29 is 9.90 Å². The van der Waals surface area contributed by atoms with E-state index in [4.69, 9.17) is 5.11 Å². The van der Waals surface area contributed by atoms with Crippen LogP contribution >= 0.6 is 0 Å². The number of hydrogen-bond donors (Lipinski definition) is 1. The summed E-state index contributed by atoms with van der Waals surface area (Å²) in [6.45, 7) is 10.2. The Balaban J connectivity index is 4.73. The molecule has 3 nitrogen and oxygen atoms in total. The summed E-state index contributed by atoms with van der Waals surface area (Å²) in [5, 5.41) is 8.92. The highest BCUT2D eigenvalue weighted by Gasteiger charge is 2.33. The molecule has 0 aliphatic rings. The van der Waals surface area contributed by atoms with Crippen molar-refractivity contribution in [3.05, 3.63) is 0 Å². The van der Waals surface area contributed by atoms with Gasteiger partial charge in [0.25, 0.3) is 0 Å². The molecule has 0 aromatic carbocycles. The number of carboxylic acids is 1. The molecule has 1 N–H and O–H groups in total. The molecule has 0 aromatic rings. The Morgan fingerprint density at radius 3 is 1.79 bits per heavy atom. The van der Waals surface area contributed by atoms with Crippen molar-refractivity contribution in [2.75, 3.05) is 13.1 Å². The van der Waals surface area contributed by atoms with Crippen molar-refractivity contribution in [2.45, 2.75) is 52.5 Å². The summed E-state index contributed by atoms with van der Waals surface area (Å²) in [5.74, 6) is -0.694. The summed E-state index contributed by atoms with van der Waals surface area (Å²) >= 11 is 0. The molecule has 0 atom stereocenters. The molecule has 0 amide bonds. The van der Waals surface area contributed by atoms with Crippen LogP contribution in [0.25, 0.3) is 0 Å². The molecule has 14 heavy (non-hydrogen) atoms. The van der Waals surface area contributed by atoms with Crippen molar-refractivity contribution >= 4 is 5.97 Å². The van der Waals surface area contributed by atoms with E-state index in [-0.39, 0.29) is 12.0 Å². The minimum absolute atomic E-state index is 0.144. The maximum absolute atomic E-state index is 10.8. The lowest BCUT2D eigenvalue weighted by Crippen LogP contribution is -2.49. The highest BCUT2D eigenvalue weighted by molar-refractivity contribution is 5.68. The maximum Gasteiger partial charge on any atom is 0.305 e. The number of nitrogens with zero attached hydrogens (tertiary/aromatic N) is 1. The first-order valence-electron chi connectivity index (χ1n) is 5.53. The fraction of sp³-hybridized carbons (Fsp3) is 0.909. The van der Waals surface area contributed by atoms with E-state index in [0.29, 0.717) is 0 Å². The minimum atomic E-state index is -0.694. The van der Waals surface area contributed by atoms with Crippen LogP contribution in [0.1, 0.15) is 47.0 Å². The third-order valence-electron chi connectivity index (χ3n) is 3.23. The summed E-state index contributed by atoms with van der Waals surface area (Å²) in [5.41, 5.74) is -0.144. The number of carboxylic acid groups (broad SMARTS) is 1. The van der Waals surface area contributed by atoms with E-state index in [1.54, 1.807) is 0 Å². The van der Waals surface area contributed by atoms with Crippen LogP contribution in [0.4, 0.5) is 0 Å². The van der Waals surface area contributed by atoms with Gasteiger partial charge < -0.3 is 5.11 Å². The van der Waals surface area contributed by atoms with E-state index in [9.17, 15) is 4.79 Å². The normalized spacial score (nSPS) is 12.1.